The lowest BCUT2D eigenvalue weighted by Gasteiger charge is -2.09. The molecule has 0 atom stereocenters. The summed E-state index contributed by atoms with van der Waals surface area (Å²) in [6.07, 6.45) is 6.82. The molecule has 8 aromatic rings. The lowest BCUT2D eigenvalue weighted by atomic mass is 9.96. The van der Waals surface area contributed by atoms with Crippen LogP contribution in [0.15, 0.2) is 108 Å². The summed E-state index contributed by atoms with van der Waals surface area (Å²) in [5.41, 5.74) is 9.40. The minimum absolute atomic E-state index is 0.659. The van der Waals surface area contributed by atoms with Crippen LogP contribution in [0.2, 0.25) is 0 Å². The fourth-order valence-electron chi connectivity index (χ4n) is 6.72. The van der Waals surface area contributed by atoms with Crippen LogP contribution in [0.5, 0.6) is 0 Å². The quantitative estimate of drug-likeness (QED) is 0.218. The predicted octanol–water partition coefficient (Wildman–Crippen LogP) is 10.4. The number of benzene rings is 5. The molecule has 3 heterocycles. The number of para-hydroxylation sites is 2. The van der Waals surface area contributed by atoms with E-state index in [0.29, 0.717) is 5.56 Å². The summed E-state index contributed by atoms with van der Waals surface area (Å²) in [4.78, 5) is 1.48. The minimum atomic E-state index is 0.659. The Morgan fingerprint density at radius 3 is 2.51 bits per heavy atom. The second-order valence-corrected chi connectivity index (χ2v) is 11.8. The zero-order valence-corrected chi connectivity index (χ0v) is 22.8. The van der Waals surface area contributed by atoms with Gasteiger partial charge in [0.25, 0.3) is 0 Å². The molecule has 1 aliphatic rings. The number of fused-ring (bicyclic) bond motifs is 9. The molecule has 0 aliphatic heterocycles. The van der Waals surface area contributed by atoms with E-state index in [1.807, 2.05) is 23.5 Å². The molecule has 0 spiro atoms. The second-order valence-electron chi connectivity index (χ2n) is 10.7. The van der Waals surface area contributed by atoms with Gasteiger partial charge in [-0.05, 0) is 60.4 Å². The normalized spacial score (nSPS) is 13.0. The van der Waals surface area contributed by atoms with E-state index in [9.17, 15) is 5.26 Å². The van der Waals surface area contributed by atoms with Gasteiger partial charge in [-0.1, -0.05) is 72.8 Å². The number of furan rings is 1. The summed E-state index contributed by atoms with van der Waals surface area (Å²) in [5.74, 6) is 0. The average Bonchev–Trinajstić information content (AvgIpc) is 3.70. The van der Waals surface area contributed by atoms with Gasteiger partial charge in [0, 0.05) is 42.1 Å². The molecular weight excluding hydrogens is 520 g/mol. The molecule has 0 bridgehead atoms. The van der Waals surface area contributed by atoms with Crippen molar-refractivity contribution in [3.8, 4) is 22.9 Å². The Kier molecular flexibility index (Phi) is 4.67. The van der Waals surface area contributed by atoms with E-state index in [-0.39, 0.29) is 0 Å². The second kappa shape index (κ2) is 8.44. The molecule has 0 fully saturated rings. The molecule has 192 valence electrons. The predicted molar refractivity (Wildman–Crippen MR) is 171 cm³/mol. The van der Waals surface area contributed by atoms with Gasteiger partial charge in [0.15, 0.2) is 5.58 Å². The van der Waals surface area contributed by atoms with Gasteiger partial charge in [0.1, 0.15) is 5.58 Å². The Hall–Kier alpha value is -5.11. The van der Waals surface area contributed by atoms with E-state index < -0.39 is 0 Å². The number of allylic oxidation sites excluding steroid dienone is 1. The maximum atomic E-state index is 9.57. The van der Waals surface area contributed by atoms with Crippen LogP contribution in [0.25, 0.3) is 76.7 Å². The van der Waals surface area contributed by atoms with Gasteiger partial charge in [-0.2, -0.15) is 5.26 Å². The Morgan fingerprint density at radius 2 is 1.56 bits per heavy atom. The fraction of sp³-hybridized carbons (Fsp3) is 0.0541. The van der Waals surface area contributed by atoms with E-state index in [4.69, 9.17) is 4.42 Å². The van der Waals surface area contributed by atoms with Crippen molar-refractivity contribution in [2.24, 2.45) is 0 Å². The number of rotatable bonds is 2. The van der Waals surface area contributed by atoms with Crippen molar-refractivity contribution in [1.29, 1.82) is 5.26 Å². The number of thiophene rings is 1. The minimum Gasteiger partial charge on any atom is -0.454 e. The highest BCUT2D eigenvalue weighted by molar-refractivity contribution is 7.20. The monoisotopic (exact) mass is 542 g/mol. The van der Waals surface area contributed by atoms with Crippen LogP contribution in [-0.4, -0.2) is 4.57 Å². The third-order valence-corrected chi connectivity index (χ3v) is 9.80. The highest BCUT2D eigenvalue weighted by atomic mass is 32.1. The van der Waals surface area contributed by atoms with Crippen molar-refractivity contribution < 1.29 is 4.42 Å². The van der Waals surface area contributed by atoms with Crippen molar-refractivity contribution >= 4 is 71.2 Å². The van der Waals surface area contributed by atoms with Gasteiger partial charge in [-0.3, -0.25) is 0 Å². The summed E-state index contributed by atoms with van der Waals surface area (Å²) in [6.45, 7) is 0. The van der Waals surface area contributed by atoms with Gasteiger partial charge in [-0.25, -0.2) is 0 Å². The standard InChI is InChI=1S/C37H22N2OS/c38-21-22-18-19-31-29(20-22)23-8-1-3-14-30(23)39(31)32-15-6-13-28-35-25(10-7-16-33(35)40-36(28)32)27-12-5-11-26-24-9-2-4-17-34(24)41-37(26)27/h1-3,5-16,18-20H,4,17H2. The Morgan fingerprint density at radius 1 is 0.756 bits per heavy atom. The first kappa shape index (κ1) is 22.7. The van der Waals surface area contributed by atoms with Crippen molar-refractivity contribution in [3.63, 3.8) is 0 Å². The number of hydrogen-bond donors (Lipinski definition) is 0. The van der Waals surface area contributed by atoms with Gasteiger partial charge >= 0.3 is 0 Å². The lowest BCUT2D eigenvalue weighted by molar-refractivity contribution is 0.666. The van der Waals surface area contributed by atoms with Crippen molar-refractivity contribution in [2.45, 2.75) is 12.8 Å². The van der Waals surface area contributed by atoms with Gasteiger partial charge in [-0.15, -0.1) is 11.3 Å². The molecule has 0 N–H and O–H groups in total. The molecule has 0 saturated heterocycles. The summed E-state index contributed by atoms with van der Waals surface area (Å²) < 4.78 is 10.3. The Labute approximate surface area is 239 Å². The molecule has 0 amide bonds. The largest absolute Gasteiger partial charge is 0.454 e. The molecule has 9 rings (SSSR count). The third-order valence-electron chi connectivity index (χ3n) is 8.49. The first-order valence-corrected chi connectivity index (χ1v) is 14.7. The molecule has 1 aliphatic carbocycles. The summed E-state index contributed by atoms with van der Waals surface area (Å²) in [5, 5.41) is 15.3. The molecular formula is C37H22N2OS. The number of hydrogen-bond acceptors (Lipinski definition) is 3. The maximum Gasteiger partial charge on any atom is 0.159 e. The number of aromatic nitrogens is 1. The fourth-order valence-corrected chi connectivity index (χ4v) is 8.05. The van der Waals surface area contributed by atoms with Crippen molar-refractivity contribution in [1.82, 2.24) is 4.57 Å². The summed E-state index contributed by atoms with van der Waals surface area (Å²) in [6, 6.07) is 36.2. The van der Waals surface area contributed by atoms with E-state index >= 15 is 0 Å². The third kappa shape index (κ3) is 3.13. The maximum absolute atomic E-state index is 9.57. The first-order chi connectivity index (χ1) is 20.3. The van der Waals surface area contributed by atoms with E-state index in [1.165, 1.54) is 31.7 Å². The number of nitrogens with zero attached hydrogens (tertiary/aromatic N) is 2. The molecule has 0 saturated carbocycles. The van der Waals surface area contributed by atoms with Crippen LogP contribution in [0, 0.1) is 11.3 Å². The van der Waals surface area contributed by atoms with Crippen LogP contribution < -0.4 is 0 Å². The summed E-state index contributed by atoms with van der Waals surface area (Å²) in [7, 11) is 0. The smallest absolute Gasteiger partial charge is 0.159 e. The van der Waals surface area contributed by atoms with Crippen LogP contribution in [0.3, 0.4) is 0 Å². The molecule has 3 aromatic heterocycles. The van der Waals surface area contributed by atoms with Crippen LogP contribution in [0.1, 0.15) is 22.4 Å². The van der Waals surface area contributed by atoms with E-state index in [1.54, 1.807) is 0 Å². The molecule has 41 heavy (non-hydrogen) atoms. The topological polar surface area (TPSA) is 41.9 Å². The SMILES string of the molecule is N#Cc1ccc2c(c1)c1ccccc1n2-c1cccc2c1oc1cccc(-c3cccc4c5c(sc34)CCC=C5)c12. The zero-order chi connectivity index (χ0) is 27.1. The highest BCUT2D eigenvalue weighted by Gasteiger charge is 2.21. The van der Waals surface area contributed by atoms with Gasteiger partial charge in [0.05, 0.1) is 28.4 Å². The Balaban J connectivity index is 1.35. The molecule has 4 heteroatoms. The van der Waals surface area contributed by atoms with E-state index in [0.717, 1.165) is 62.3 Å². The van der Waals surface area contributed by atoms with Crippen LogP contribution in [-0.2, 0) is 6.42 Å². The van der Waals surface area contributed by atoms with Crippen molar-refractivity contribution in [3.05, 3.63) is 119 Å². The zero-order valence-electron chi connectivity index (χ0n) is 22.0. The van der Waals surface area contributed by atoms with E-state index in [2.05, 4.69) is 108 Å². The highest BCUT2D eigenvalue weighted by Crippen LogP contribution is 2.45. The average molecular weight is 543 g/mol. The van der Waals surface area contributed by atoms with Gasteiger partial charge in [0.2, 0.25) is 0 Å². The lowest BCUT2D eigenvalue weighted by Crippen LogP contribution is -1.94. The molecule has 3 nitrogen and oxygen atoms in total. The Bertz CT molecular complexity index is 2440. The van der Waals surface area contributed by atoms with Crippen LogP contribution >= 0.6 is 11.3 Å². The number of nitriles is 1. The molecule has 5 aromatic carbocycles. The first-order valence-electron chi connectivity index (χ1n) is 13.9. The van der Waals surface area contributed by atoms with Crippen LogP contribution in [0.4, 0.5) is 0 Å². The molecule has 0 radical (unpaired) electrons. The number of aryl methyl sites for hydroxylation is 1. The molecule has 0 unspecified atom stereocenters. The van der Waals surface area contributed by atoms with Gasteiger partial charge < -0.3 is 8.98 Å². The summed E-state index contributed by atoms with van der Waals surface area (Å²) >= 11 is 1.94. The van der Waals surface area contributed by atoms with Crippen molar-refractivity contribution in [2.75, 3.05) is 0 Å².